The summed E-state index contributed by atoms with van der Waals surface area (Å²) in [5.41, 5.74) is -3.96. The molecule has 0 bridgehead atoms. The average Bonchev–Trinajstić information content (AvgIpc) is 2.69. The van der Waals surface area contributed by atoms with Gasteiger partial charge >= 0.3 is 15.5 Å². The molecule has 1 heterocycles. The Kier molecular flexibility index (Phi) is 11.4. The third-order valence-corrected chi connectivity index (χ3v) is 6.47. The van der Waals surface area contributed by atoms with Gasteiger partial charge in [-0.2, -0.15) is 17.5 Å². The first kappa shape index (κ1) is 27.0. The molecule has 172 valence electrons. The molecule has 0 radical (unpaired) electrons. The first-order valence-corrected chi connectivity index (χ1v) is 11.3. The molecule has 1 aliphatic heterocycles. The van der Waals surface area contributed by atoms with Crippen LogP contribution in [0.5, 0.6) is 0 Å². The minimum Gasteiger partial charge on any atom is -0.357 e. The molecule has 0 aliphatic carbocycles. The highest BCUT2D eigenvalue weighted by molar-refractivity contribution is 14.0. The van der Waals surface area contributed by atoms with Crippen molar-refractivity contribution in [3.05, 3.63) is 35.9 Å². The van der Waals surface area contributed by atoms with Gasteiger partial charge in [0, 0.05) is 32.7 Å². The molecule has 0 saturated carbocycles. The predicted molar refractivity (Wildman–Crippen MR) is 123 cm³/mol. The van der Waals surface area contributed by atoms with Crippen LogP contribution in [0.25, 0.3) is 0 Å². The van der Waals surface area contributed by atoms with Crippen LogP contribution in [0.1, 0.15) is 31.7 Å². The van der Waals surface area contributed by atoms with Crippen LogP contribution in [0.2, 0.25) is 0 Å². The number of nitrogens with one attached hydrogen (secondary N) is 2. The lowest BCUT2D eigenvalue weighted by Gasteiger charge is -2.30. The van der Waals surface area contributed by atoms with E-state index < -0.39 is 15.5 Å². The van der Waals surface area contributed by atoms with Gasteiger partial charge in [-0.1, -0.05) is 30.3 Å². The lowest BCUT2D eigenvalue weighted by molar-refractivity contribution is -0.0496. The van der Waals surface area contributed by atoms with Crippen molar-refractivity contribution in [2.75, 3.05) is 32.7 Å². The summed E-state index contributed by atoms with van der Waals surface area (Å²) < 4.78 is 61.4. The van der Waals surface area contributed by atoms with Crippen molar-refractivity contribution in [1.82, 2.24) is 14.9 Å². The van der Waals surface area contributed by atoms with Crippen LogP contribution in [0.4, 0.5) is 13.2 Å². The highest BCUT2D eigenvalue weighted by Crippen LogP contribution is 2.30. The Morgan fingerprint density at radius 2 is 1.80 bits per heavy atom. The summed E-state index contributed by atoms with van der Waals surface area (Å²) in [6.07, 6.45) is 2.64. The molecule has 0 spiro atoms. The summed E-state index contributed by atoms with van der Waals surface area (Å²) in [6, 6.07) is 10.2. The monoisotopic (exact) mass is 562 g/mol. The molecule has 11 heteroatoms. The van der Waals surface area contributed by atoms with Gasteiger partial charge in [-0.05, 0) is 44.1 Å². The number of guanidine groups is 1. The van der Waals surface area contributed by atoms with Crippen molar-refractivity contribution in [2.24, 2.45) is 10.9 Å². The maximum absolute atomic E-state index is 12.6. The number of benzene rings is 1. The summed E-state index contributed by atoms with van der Waals surface area (Å²) >= 11 is 0. The number of hydrogen-bond acceptors (Lipinski definition) is 3. The second-order valence-corrected chi connectivity index (χ2v) is 8.96. The zero-order chi connectivity index (χ0) is 21.3. The number of hydrogen-bond donors (Lipinski definition) is 2. The number of rotatable bonds is 8. The fraction of sp³-hybridized carbons (Fsp3) is 0.632. The maximum Gasteiger partial charge on any atom is 0.511 e. The van der Waals surface area contributed by atoms with E-state index in [9.17, 15) is 21.6 Å². The van der Waals surface area contributed by atoms with Crippen molar-refractivity contribution >= 4 is 40.0 Å². The quantitative estimate of drug-likeness (QED) is 0.221. The second kappa shape index (κ2) is 12.7. The van der Waals surface area contributed by atoms with E-state index in [1.165, 1.54) is 5.56 Å². The molecular weight excluding hydrogens is 532 g/mol. The van der Waals surface area contributed by atoms with E-state index in [0.717, 1.165) is 19.4 Å². The molecule has 1 aromatic rings. The third-order valence-electron chi connectivity index (χ3n) is 4.84. The largest absolute Gasteiger partial charge is 0.511 e. The van der Waals surface area contributed by atoms with Crippen LogP contribution in [-0.4, -0.2) is 56.9 Å². The summed E-state index contributed by atoms with van der Waals surface area (Å²) in [4.78, 5) is 4.52. The molecule has 0 unspecified atom stereocenters. The Balaban J connectivity index is 0.00000450. The molecule has 2 N–H and O–H groups in total. The first-order chi connectivity index (χ1) is 13.7. The van der Waals surface area contributed by atoms with Crippen LogP contribution >= 0.6 is 24.0 Å². The maximum atomic E-state index is 12.6. The van der Waals surface area contributed by atoms with Crippen molar-refractivity contribution in [2.45, 2.75) is 38.1 Å². The Labute approximate surface area is 193 Å². The van der Waals surface area contributed by atoms with Gasteiger partial charge in [-0.15, -0.1) is 24.0 Å². The van der Waals surface area contributed by atoms with E-state index in [1.807, 2.05) is 25.1 Å². The van der Waals surface area contributed by atoms with Crippen LogP contribution in [-0.2, 0) is 16.4 Å². The topological polar surface area (TPSA) is 73.8 Å². The zero-order valence-corrected chi connectivity index (χ0v) is 20.1. The second-order valence-electron chi connectivity index (χ2n) is 7.03. The smallest absolute Gasteiger partial charge is 0.357 e. The van der Waals surface area contributed by atoms with Gasteiger partial charge < -0.3 is 10.6 Å². The molecule has 0 amide bonds. The van der Waals surface area contributed by atoms with Gasteiger partial charge in [0.05, 0.1) is 0 Å². The molecule has 1 aromatic carbocycles. The first-order valence-electron chi connectivity index (χ1n) is 9.86. The van der Waals surface area contributed by atoms with Gasteiger partial charge in [0.15, 0.2) is 5.96 Å². The molecule has 1 saturated heterocycles. The number of sulfonamides is 1. The number of aliphatic imine (C=N–C) groups is 1. The lowest BCUT2D eigenvalue weighted by Crippen LogP contribution is -2.45. The Bertz CT molecular complexity index is 753. The van der Waals surface area contributed by atoms with Gasteiger partial charge in [0.2, 0.25) is 0 Å². The fourth-order valence-electron chi connectivity index (χ4n) is 3.18. The average molecular weight is 562 g/mol. The Morgan fingerprint density at radius 1 is 1.17 bits per heavy atom. The summed E-state index contributed by atoms with van der Waals surface area (Å²) in [7, 11) is -5.23. The normalized spacial score (nSPS) is 16.7. The summed E-state index contributed by atoms with van der Waals surface area (Å²) in [5.74, 6) is 0.736. The lowest BCUT2D eigenvalue weighted by atomic mass is 9.98. The highest BCUT2D eigenvalue weighted by Gasteiger charge is 2.50. The summed E-state index contributed by atoms with van der Waals surface area (Å²) in [5, 5.41) is 6.42. The molecule has 2 rings (SSSR count). The minimum absolute atomic E-state index is 0. The predicted octanol–water partition coefficient (Wildman–Crippen LogP) is 3.35. The SMILES string of the molecule is CCNC(=NCC1CCN(S(=O)(=O)C(F)(F)F)CC1)NCCCc1ccccc1.I. The van der Waals surface area contributed by atoms with Crippen molar-refractivity contribution in [3.63, 3.8) is 0 Å². The molecule has 30 heavy (non-hydrogen) atoms. The number of alkyl halides is 3. The number of aryl methyl sites for hydroxylation is 1. The van der Waals surface area contributed by atoms with Crippen molar-refractivity contribution < 1.29 is 21.6 Å². The van der Waals surface area contributed by atoms with Gasteiger partial charge in [0.25, 0.3) is 0 Å². The molecule has 6 nitrogen and oxygen atoms in total. The highest BCUT2D eigenvalue weighted by atomic mass is 127. The van der Waals surface area contributed by atoms with Crippen LogP contribution in [0.3, 0.4) is 0 Å². The van der Waals surface area contributed by atoms with Gasteiger partial charge in [0.1, 0.15) is 0 Å². The van der Waals surface area contributed by atoms with E-state index in [1.54, 1.807) is 0 Å². The van der Waals surface area contributed by atoms with E-state index in [2.05, 4.69) is 27.8 Å². The number of nitrogens with zero attached hydrogens (tertiary/aromatic N) is 2. The van der Waals surface area contributed by atoms with E-state index in [0.29, 0.717) is 36.2 Å². The molecule has 1 aliphatic rings. The van der Waals surface area contributed by atoms with Gasteiger partial charge in [-0.25, -0.2) is 8.42 Å². The standard InChI is InChI=1S/C19H29F3N4O2S.HI/c1-2-23-18(24-12-6-9-16-7-4-3-5-8-16)25-15-17-10-13-26(14-11-17)29(27,28)19(20,21)22;/h3-5,7-8,17H,2,6,9-15H2,1H3,(H2,23,24,25);1H. The van der Waals surface area contributed by atoms with Crippen LogP contribution in [0, 0.1) is 5.92 Å². The molecule has 0 atom stereocenters. The number of halogens is 4. The van der Waals surface area contributed by atoms with E-state index in [-0.39, 0.29) is 43.0 Å². The van der Waals surface area contributed by atoms with E-state index >= 15 is 0 Å². The van der Waals surface area contributed by atoms with Crippen molar-refractivity contribution in [3.8, 4) is 0 Å². The molecule has 0 aromatic heterocycles. The summed E-state index contributed by atoms with van der Waals surface area (Å²) in [6.45, 7) is 3.62. The van der Waals surface area contributed by atoms with Crippen molar-refractivity contribution in [1.29, 1.82) is 0 Å². The third kappa shape index (κ3) is 8.22. The fourth-order valence-corrected chi connectivity index (χ4v) is 4.17. The Morgan fingerprint density at radius 3 is 2.37 bits per heavy atom. The van der Waals surface area contributed by atoms with E-state index in [4.69, 9.17) is 0 Å². The van der Waals surface area contributed by atoms with Gasteiger partial charge in [-0.3, -0.25) is 4.99 Å². The Hall–Kier alpha value is -1.08. The molecule has 1 fully saturated rings. The van der Waals surface area contributed by atoms with Crippen LogP contribution in [0.15, 0.2) is 35.3 Å². The zero-order valence-electron chi connectivity index (χ0n) is 17.0. The minimum atomic E-state index is -5.24. The van der Waals surface area contributed by atoms with Crippen LogP contribution < -0.4 is 10.6 Å². The molecular formula is C19H30F3IN4O2S. The number of piperidine rings is 1.